The van der Waals surface area contributed by atoms with Crippen molar-refractivity contribution >= 4 is 34.1 Å². The molecule has 146 valence electrons. The number of aryl methyl sites for hydroxylation is 1. The van der Waals surface area contributed by atoms with Crippen molar-refractivity contribution in [3.8, 4) is 11.6 Å². The van der Waals surface area contributed by atoms with Crippen LogP contribution in [0.3, 0.4) is 0 Å². The van der Waals surface area contributed by atoms with Crippen LogP contribution in [-0.4, -0.2) is 34.5 Å². The Balaban J connectivity index is 2.01. The summed E-state index contributed by atoms with van der Waals surface area (Å²) in [4.78, 5) is 17.1. The van der Waals surface area contributed by atoms with E-state index in [2.05, 4.69) is 4.98 Å². The third kappa shape index (κ3) is 3.26. The Morgan fingerprint density at radius 3 is 2.75 bits per heavy atom. The molecule has 2 aromatic heterocycles. The van der Waals surface area contributed by atoms with Gasteiger partial charge in [0.05, 0.1) is 59.6 Å². The highest BCUT2D eigenvalue weighted by Gasteiger charge is 2.23. The smallest absolute Gasteiger partial charge is 0.227 e. The molecular formula is C20H18Cl2N2O4. The molecule has 4 rings (SSSR count). The monoisotopic (exact) mass is 420 g/mol. The topological polar surface area (TPSA) is 73.6 Å². The predicted molar refractivity (Wildman–Crippen MR) is 108 cm³/mol. The van der Waals surface area contributed by atoms with Gasteiger partial charge in [0.15, 0.2) is 5.43 Å². The second-order valence-electron chi connectivity index (χ2n) is 6.75. The summed E-state index contributed by atoms with van der Waals surface area (Å²) >= 11 is 12.9. The summed E-state index contributed by atoms with van der Waals surface area (Å²) in [7, 11) is 0. The Bertz CT molecular complexity index is 1090. The van der Waals surface area contributed by atoms with E-state index in [0.717, 1.165) is 5.56 Å². The summed E-state index contributed by atoms with van der Waals surface area (Å²) < 4.78 is 12.7. The van der Waals surface area contributed by atoms with Crippen molar-refractivity contribution in [3.63, 3.8) is 0 Å². The number of fused-ring (bicyclic) bond motifs is 1. The van der Waals surface area contributed by atoms with Gasteiger partial charge in [0, 0.05) is 12.0 Å². The van der Waals surface area contributed by atoms with Gasteiger partial charge in [-0.05, 0) is 18.6 Å². The van der Waals surface area contributed by atoms with Gasteiger partial charge < -0.3 is 19.1 Å². The van der Waals surface area contributed by atoms with Gasteiger partial charge >= 0.3 is 0 Å². The van der Waals surface area contributed by atoms with Crippen molar-refractivity contribution in [3.05, 3.63) is 62.0 Å². The number of nitrogens with zero attached hydrogens (tertiary/aromatic N) is 2. The summed E-state index contributed by atoms with van der Waals surface area (Å²) in [5.74, 6) is 0.483. The average molecular weight is 421 g/mol. The van der Waals surface area contributed by atoms with Crippen LogP contribution in [0.25, 0.3) is 16.6 Å². The molecule has 1 N–H and O–H groups in total. The van der Waals surface area contributed by atoms with E-state index in [4.69, 9.17) is 32.7 Å². The summed E-state index contributed by atoms with van der Waals surface area (Å²) in [6.07, 6.45) is 1.44. The zero-order valence-electron chi connectivity index (χ0n) is 15.1. The lowest BCUT2D eigenvalue weighted by molar-refractivity contribution is -0.0512. The van der Waals surface area contributed by atoms with Crippen LogP contribution in [0.5, 0.6) is 5.88 Å². The Kier molecular flexibility index (Phi) is 5.29. The molecule has 0 saturated carbocycles. The largest absolute Gasteiger partial charge is 0.477 e. The fourth-order valence-corrected chi connectivity index (χ4v) is 3.83. The number of para-hydroxylation sites is 1. The lowest BCUT2D eigenvalue weighted by atomic mass is 10.1. The maximum Gasteiger partial charge on any atom is 0.227 e. The second kappa shape index (κ2) is 7.72. The van der Waals surface area contributed by atoms with E-state index in [1.54, 1.807) is 10.6 Å². The lowest BCUT2D eigenvalue weighted by Crippen LogP contribution is -2.33. The first-order chi connectivity index (χ1) is 13.5. The molecule has 1 saturated heterocycles. The highest BCUT2D eigenvalue weighted by Crippen LogP contribution is 2.34. The van der Waals surface area contributed by atoms with Gasteiger partial charge in [-0.25, -0.2) is 4.98 Å². The summed E-state index contributed by atoms with van der Waals surface area (Å²) in [6, 6.07) is 6.85. The number of aliphatic hydroxyl groups is 1. The zero-order chi connectivity index (χ0) is 19.8. The highest BCUT2D eigenvalue weighted by molar-refractivity contribution is 6.35. The van der Waals surface area contributed by atoms with Crippen LogP contribution in [0.15, 0.2) is 35.3 Å². The van der Waals surface area contributed by atoms with E-state index in [1.807, 2.05) is 19.1 Å². The molecule has 1 fully saturated rings. The van der Waals surface area contributed by atoms with Crippen molar-refractivity contribution < 1.29 is 14.6 Å². The number of hydrogen-bond donors (Lipinski definition) is 1. The Labute approximate surface area is 171 Å². The molecule has 0 bridgehead atoms. The summed E-state index contributed by atoms with van der Waals surface area (Å²) in [5, 5.41) is 10.9. The molecule has 8 heteroatoms. The van der Waals surface area contributed by atoms with E-state index < -0.39 is 0 Å². The average Bonchev–Trinajstić information content (AvgIpc) is 2.63. The quantitative estimate of drug-likeness (QED) is 0.683. The van der Waals surface area contributed by atoms with Gasteiger partial charge in [-0.1, -0.05) is 35.3 Å². The molecule has 0 aliphatic carbocycles. The van der Waals surface area contributed by atoms with Crippen molar-refractivity contribution in [2.75, 3.05) is 19.8 Å². The number of benzene rings is 1. The minimum absolute atomic E-state index is 0.208. The van der Waals surface area contributed by atoms with Gasteiger partial charge in [0.2, 0.25) is 5.88 Å². The van der Waals surface area contributed by atoms with Gasteiger partial charge in [-0.15, -0.1) is 0 Å². The Morgan fingerprint density at radius 2 is 2.11 bits per heavy atom. The molecule has 0 amide bonds. The van der Waals surface area contributed by atoms with Gasteiger partial charge in [0.25, 0.3) is 0 Å². The highest BCUT2D eigenvalue weighted by atomic mass is 35.5. The van der Waals surface area contributed by atoms with Crippen molar-refractivity contribution in [1.29, 1.82) is 0 Å². The molecule has 0 radical (unpaired) electrons. The van der Waals surface area contributed by atoms with Gasteiger partial charge in [-0.3, -0.25) is 4.79 Å². The molecule has 1 aliphatic rings. The Hall–Kier alpha value is -2.12. The normalized spacial score (nSPS) is 14.3. The van der Waals surface area contributed by atoms with E-state index in [1.165, 1.54) is 12.3 Å². The molecule has 1 aliphatic heterocycles. The lowest BCUT2D eigenvalue weighted by Gasteiger charge is -2.26. The SMILES string of the molecule is Cc1cccc(Cl)c1-n1c(CO)cc(=O)c2c(OCC3COC3)ncc(Cl)c21. The number of ether oxygens (including phenoxy) is 2. The number of aliphatic hydroxyl groups excluding tert-OH is 1. The molecule has 28 heavy (non-hydrogen) atoms. The van der Waals surface area contributed by atoms with Crippen LogP contribution in [0.1, 0.15) is 11.3 Å². The van der Waals surface area contributed by atoms with E-state index in [0.29, 0.717) is 41.7 Å². The number of hydrogen-bond acceptors (Lipinski definition) is 5. The number of aromatic nitrogens is 2. The first-order valence-corrected chi connectivity index (χ1v) is 9.57. The maximum atomic E-state index is 12.9. The molecule has 3 aromatic rings. The van der Waals surface area contributed by atoms with E-state index >= 15 is 0 Å². The first kappa shape index (κ1) is 19.2. The fourth-order valence-electron chi connectivity index (χ4n) is 3.30. The fraction of sp³-hybridized carbons (Fsp3) is 0.300. The molecular weight excluding hydrogens is 403 g/mol. The molecule has 1 aromatic carbocycles. The Morgan fingerprint density at radius 1 is 1.32 bits per heavy atom. The van der Waals surface area contributed by atoms with Gasteiger partial charge in [0.1, 0.15) is 5.39 Å². The standard InChI is InChI=1S/C20H18Cl2N2O4/c1-11-3-2-4-14(21)18(11)24-13(7-25)5-16(26)17-19(24)15(22)6-23-20(17)28-10-12-8-27-9-12/h2-6,12,25H,7-10H2,1H3. The van der Waals surface area contributed by atoms with Crippen LogP contribution < -0.4 is 10.2 Å². The number of rotatable bonds is 5. The van der Waals surface area contributed by atoms with E-state index in [9.17, 15) is 9.90 Å². The third-order valence-electron chi connectivity index (χ3n) is 4.76. The number of halogens is 2. The van der Waals surface area contributed by atoms with Crippen LogP contribution in [-0.2, 0) is 11.3 Å². The molecule has 6 nitrogen and oxygen atoms in total. The molecule has 0 atom stereocenters. The van der Waals surface area contributed by atoms with Crippen molar-refractivity contribution in [1.82, 2.24) is 9.55 Å². The van der Waals surface area contributed by atoms with Gasteiger partial charge in [-0.2, -0.15) is 0 Å². The van der Waals surface area contributed by atoms with Crippen molar-refractivity contribution in [2.45, 2.75) is 13.5 Å². The molecule has 0 spiro atoms. The second-order valence-corrected chi connectivity index (χ2v) is 7.56. The minimum Gasteiger partial charge on any atom is -0.477 e. The molecule has 3 heterocycles. The van der Waals surface area contributed by atoms with Crippen molar-refractivity contribution in [2.24, 2.45) is 5.92 Å². The van der Waals surface area contributed by atoms with Crippen LogP contribution in [0.2, 0.25) is 10.0 Å². The summed E-state index contributed by atoms with van der Waals surface area (Å²) in [5.41, 5.74) is 1.97. The maximum absolute atomic E-state index is 12.9. The summed E-state index contributed by atoms with van der Waals surface area (Å²) in [6.45, 7) is 3.20. The van der Waals surface area contributed by atoms with E-state index in [-0.39, 0.29) is 34.2 Å². The first-order valence-electron chi connectivity index (χ1n) is 8.81. The third-order valence-corrected chi connectivity index (χ3v) is 5.35. The zero-order valence-corrected chi connectivity index (χ0v) is 16.6. The van der Waals surface area contributed by atoms with Crippen LogP contribution >= 0.6 is 23.2 Å². The van der Waals surface area contributed by atoms with Crippen LogP contribution in [0, 0.1) is 12.8 Å². The molecule has 0 unspecified atom stereocenters. The minimum atomic E-state index is -0.357. The predicted octanol–water partition coefficient (Wildman–Crippen LogP) is 3.52. The number of pyridine rings is 2. The van der Waals surface area contributed by atoms with Crippen LogP contribution in [0.4, 0.5) is 0 Å².